The van der Waals surface area contributed by atoms with E-state index in [0.29, 0.717) is 42.1 Å². The number of halogens is 2. The number of nitrogens with two attached hydrogens (primary N) is 1. The third kappa shape index (κ3) is 4.71. The molecule has 3 aliphatic rings. The van der Waals surface area contributed by atoms with Gasteiger partial charge in [0.05, 0.1) is 32.6 Å². The number of benzene rings is 1. The summed E-state index contributed by atoms with van der Waals surface area (Å²) in [6.07, 6.45) is 8.79. The molecule has 1 aliphatic heterocycles. The van der Waals surface area contributed by atoms with Crippen LogP contribution in [-0.2, 0) is 24.8 Å². The minimum atomic E-state index is -4.00. The van der Waals surface area contributed by atoms with E-state index in [1.165, 1.54) is 11.0 Å². The Morgan fingerprint density at radius 1 is 1.10 bits per heavy atom. The van der Waals surface area contributed by atoms with Gasteiger partial charge in [-0.1, -0.05) is 29.3 Å². The summed E-state index contributed by atoms with van der Waals surface area (Å²) in [4.78, 5) is 36.8. The Kier molecular flexibility index (Phi) is 6.25. The molecule has 1 saturated heterocycles. The zero-order valence-corrected chi connectivity index (χ0v) is 23.1. The summed E-state index contributed by atoms with van der Waals surface area (Å²) in [6, 6.07) is 7.02. The van der Waals surface area contributed by atoms with Gasteiger partial charge in [0.2, 0.25) is 11.8 Å². The Morgan fingerprint density at radius 2 is 1.87 bits per heavy atom. The van der Waals surface area contributed by atoms with Gasteiger partial charge in [0.15, 0.2) is 9.84 Å². The highest BCUT2D eigenvalue weighted by atomic mass is 35.5. The van der Waals surface area contributed by atoms with Crippen LogP contribution in [0.1, 0.15) is 37.7 Å². The van der Waals surface area contributed by atoms with Crippen molar-refractivity contribution in [3.05, 3.63) is 71.0 Å². The fraction of sp³-hybridized carbons (Fsp3) is 0.385. The first-order chi connectivity index (χ1) is 18.5. The summed E-state index contributed by atoms with van der Waals surface area (Å²) in [5.74, 6) is -0.750. The molecule has 2 aromatic heterocycles. The summed E-state index contributed by atoms with van der Waals surface area (Å²) in [7, 11) is -4.00. The molecule has 204 valence electrons. The van der Waals surface area contributed by atoms with Crippen LogP contribution in [0, 0.1) is 0 Å². The van der Waals surface area contributed by atoms with Gasteiger partial charge in [-0.25, -0.2) is 18.4 Å². The number of pyridine rings is 1. The number of hydrogen-bond acceptors (Lipinski definition) is 7. The number of sulfone groups is 1. The summed E-state index contributed by atoms with van der Waals surface area (Å²) < 4.78 is 29.4. The third-order valence-corrected chi connectivity index (χ3v) is 10.7. The van der Waals surface area contributed by atoms with Crippen molar-refractivity contribution in [3.8, 4) is 5.69 Å². The molecular formula is C26H26Cl2N6O4S. The number of aromatic nitrogens is 3. The molecule has 1 aromatic carbocycles. The maximum Gasteiger partial charge on any atom is 0.244 e. The van der Waals surface area contributed by atoms with Crippen LogP contribution in [0.4, 0.5) is 0 Å². The molecule has 0 spiro atoms. The summed E-state index contributed by atoms with van der Waals surface area (Å²) in [6.45, 7) is -0.140. The number of imidazole rings is 1. The lowest BCUT2D eigenvalue weighted by molar-refractivity contribution is -0.140. The van der Waals surface area contributed by atoms with Crippen molar-refractivity contribution < 1.29 is 18.0 Å². The van der Waals surface area contributed by atoms with Crippen LogP contribution in [0.5, 0.6) is 0 Å². The van der Waals surface area contributed by atoms with Crippen LogP contribution in [0.3, 0.4) is 0 Å². The zero-order valence-electron chi connectivity index (χ0n) is 20.8. The van der Waals surface area contributed by atoms with Gasteiger partial charge in [0.25, 0.3) is 0 Å². The monoisotopic (exact) mass is 588 g/mol. The third-order valence-electron chi connectivity index (χ3n) is 7.89. The standard InChI is InChI=1S/C26H26Cl2N6O4S/c27-19-11-17(33-10-9-30-15-33)2-3-21(19)39(37,38)18-12-20(23(35)32-26(29)7-8-26)34(14-18)24(36)25(5-6-25)16-1-4-22(28)31-13-16/h1-4,9-11,13,15,18,20H,5-8,12,14,29H2,(H,32,35)/t18-,20+/m1/s1. The first-order valence-electron chi connectivity index (χ1n) is 12.6. The number of rotatable bonds is 7. The molecule has 3 N–H and O–H groups in total. The maximum atomic E-state index is 14.0. The Labute approximate surface area is 235 Å². The average Bonchev–Trinajstić information content (AvgIpc) is 3.70. The summed E-state index contributed by atoms with van der Waals surface area (Å²) in [5.41, 5.74) is 5.80. The predicted molar refractivity (Wildman–Crippen MR) is 144 cm³/mol. The van der Waals surface area contributed by atoms with Crippen LogP contribution in [0.15, 0.2) is 60.1 Å². The van der Waals surface area contributed by atoms with Crippen molar-refractivity contribution in [2.75, 3.05) is 6.54 Å². The molecular weight excluding hydrogens is 563 g/mol. The van der Waals surface area contributed by atoms with Gasteiger partial charge in [0.1, 0.15) is 11.2 Å². The van der Waals surface area contributed by atoms with Crippen molar-refractivity contribution in [3.63, 3.8) is 0 Å². The van der Waals surface area contributed by atoms with Gasteiger partial charge in [0, 0.05) is 30.8 Å². The van der Waals surface area contributed by atoms with E-state index in [4.69, 9.17) is 28.9 Å². The van der Waals surface area contributed by atoms with Crippen molar-refractivity contribution in [1.82, 2.24) is 24.8 Å². The number of amides is 2. The SMILES string of the molecule is NC1(NC(=O)[C@@H]2C[C@@H](S(=O)(=O)c3ccc(-n4ccnc4)cc3Cl)CN2C(=O)C2(c3ccc(Cl)nc3)CC2)CC1. The molecule has 3 fully saturated rings. The van der Waals surface area contributed by atoms with E-state index in [1.807, 2.05) is 0 Å². The van der Waals surface area contributed by atoms with Gasteiger partial charge in [-0.15, -0.1) is 0 Å². The molecule has 0 unspecified atom stereocenters. The Bertz CT molecular complexity index is 1550. The lowest BCUT2D eigenvalue weighted by Gasteiger charge is -2.29. The van der Waals surface area contributed by atoms with Crippen molar-refractivity contribution >= 4 is 44.9 Å². The van der Waals surface area contributed by atoms with Crippen molar-refractivity contribution in [2.24, 2.45) is 5.73 Å². The second-order valence-corrected chi connectivity index (χ2v) is 13.5. The Morgan fingerprint density at radius 3 is 2.46 bits per heavy atom. The Balaban J connectivity index is 1.31. The molecule has 2 atom stereocenters. The molecule has 2 saturated carbocycles. The molecule has 2 amide bonds. The fourth-order valence-electron chi connectivity index (χ4n) is 5.24. The highest BCUT2D eigenvalue weighted by Crippen LogP contribution is 2.51. The maximum absolute atomic E-state index is 14.0. The molecule has 39 heavy (non-hydrogen) atoms. The van der Waals surface area contributed by atoms with Crippen molar-refractivity contribution in [2.45, 2.75) is 59.4 Å². The van der Waals surface area contributed by atoms with Gasteiger partial charge in [-0.05, 0) is 61.9 Å². The molecule has 10 nitrogen and oxygen atoms in total. The normalized spacial score (nSPS) is 22.9. The topological polar surface area (TPSA) is 140 Å². The van der Waals surface area contributed by atoms with Gasteiger partial charge in [-0.3, -0.25) is 9.59 Å². The molecule has 3 aromatic rings. The number of nitrogens with one attached hydrogen (secondary N) is 1. The number of carbonyl (C=O) groups is 2. The fourth-order valence-corrected chi connectivity index (χ4v) is 7.59. The quantitative estimate of drug-likeness (QED) is 0.319. The second-order valence-electron chi connectivity index (χ2n) is 10.6. The minimum Gasteiger partial charge on any atom is -0.336 e. The Hall–Kier alpha value is -2.99. The van der Waals surface area contributed by atoms with Crippen LogP contribution in [-0.4, -0.2) is 63.2 Å². The van der Waals surface area contributed by atoms with E-state index < -0.39 is 38.1 Å². The van der Waals surface area contributed by atoms with Gasteiger partial charge < -0.3 is 20.5 Å². The van der Waals surface area contributed by atoms with E-state index in [-0.39, 0.29) is 28.8 Å². The minimum absolute atomic E-state index is 0.0491. The van der Waals surface area contributed by atoms with Crippen LogP contribution < -0.4 is 11.1 Å². The molecule has 13 heteroatoms. The number of hydrogen-bond donors (Lipinski definition) is 2. The van der Waals surface area contributed by atoms with E-state index in [1.54, 1.807) is 53.8 Å². The van der Waals surface area contributed by atoms with E-state index in [2.05, 4.69) is 15.3 Å². The lowest BCUT2D eigenvalue weighted by Crippen LogP contribution is -2.54. The van der Waals surface area contributed by atoms with E-state index in [9.17, 15) is 18.0 Å². The molecule has 0 bridgehead atoms. The first kappa shape index (κ1) is 26.2. The van der Waals surface area contributed by atoms with Crippen LogP contribution in [0.25, 0.3) is 5.69 Å². The molecule has 0 radical (unpaired) electrons. The van der Waals surface area contributed by atoms with Gasteiger partial charge in [-0.2, -0.15) is 0 Å². The highest BCUT2D eigenvalue weighted by molar-refractivity contribution is 7.92. The smallest absolute Gasteiger partial charge is 0.244 e. The van der Waals surface area contributed by atoms with E-state index in [0.717, 1.165) is 0 Å². The zero-order chi connectivity index (χ0) is 27.6. The first-order valence-corrected chi connectivity index (χ1v) is 14.9. The molecule has 6 rings (SSSR count). The van der Waals surface area contributed by atoms with Gasteiger partial charge >= 0.3 is 0 Å². The summed E-state index contributed by atoms with van der Waals surface area (Å²) in [5, 5.41) is 2.14. The van der Waals surface area contributed by atoms with Crippen molar-refractivity contribution in [1.29, 1.82) is 0 Å². The van der Waals surface area contributed by atoms with E-state index >= 15 is 0 Å². The predicted octanol–water partition coefficient (Wildman–Crippen LogP) is 2.61. The number of nitrogens with zero attached hydrogens (tertiary/aromatic N) is 4. The molecule has 2 aliphatic carbocycles. The van der Waals surface area contributed by atoms with Crippen LogP contribution in [0.2, 0.25) is 10.2 Å². The second kappa shape index (κ2) is 9.29. The van der Waals surface area contributed by atoms with Crippen LogP contribution >= 0.6 is 23.2 Å². The molecule has 3 heterocycles. The highest BCUT2D eigenvalue weighted by Gasteiger charge is 2.58. The number of carbonyl (C=O) groups excluding carboxylic acids is 2. The average molecular weight is 590 g/mol. The number of likely N-dealkylation sites (tertiary alicyclic amines) is 1. The summed E-state index contributed by atoms with van der Waals surface area (Å²) >= 11 is 12.4. The largest absolute Gasteiger partial charge is 0.336 e. The lowest BCUT2D eigenvalue weighted by atomic mass is 9.95.